The van der Waals surface area contributed by atoms with Gasteiger partial charge in [0.05, 0.1) is 12.7 Å². The second-order valence-corrected chi connectivity index (χ2v) is 3.87. The van der Waals surface area contributed by atoms with Gasteiger partial charge in [-0.15, -0.1) is 5.10 Å². The third-order valence-corrected chi connectivity index (χ3v) is 2.47. The minimum absolute atomic E-state index is 0.168. The zero-order chi connectivity index (χ0) is 13.5. The minimum Gasteiger partial charge on any atom is -0.435 e. The molecule has 5 nitrogen and oxygen atoms in total. The molecule has 2 aromatic rings. The summed E-state index contributed by atoms with van der Waals surface area (Å²) in [5, 5.41) is 10.8. The minimum atomic E-state index is -2.79. The third-order valence-electron chi connectivity index (χ3n) is 2.47. The normalized spacial score (nSPS) is 10.9. The Morgan fingerprint density at radius 3 is 2.68 bits per heavy atom. The monoisotopic (exact) mass is 268 g/mol. The Balaban J connectivity index is 1.71. The molecule has 1 N–H and O–H groups in total. The predicted octanol–water partition coefficient (Wildman–Crippen LogP) is 1.67. The second-order valence-electron chi connectivity index (χ2n) is 3.87. The van der Waals surface area contributed by atoms with Crippen LogP contribution in [0.5, 0.6) is 5.75 Å². The van der Waals surface area contributed by atoms with E-state index in [1.54, 1.807) is 29.2 Å². The number of nitrogens with one attached hydrogen (secondary N) is 1. The van der Waals surface area contributed by atoms with Crippen molar-refractivity contribution in [2.24, 2.45) is 0 Å². The van der Waals surface area contributed by atoms with Crippen molar-refractivity contribution in [3.05, 3.63) is 42.2 Å². The van der Waals surface area contributed by atoms with E-state index < -0.39 is 6.61 Å². The van der Waals surface area contributed by atoms with Gasteiger partial charge in [0, 0.05) is 19.3 Å². The first-order valence-corrected chi connectivity index (χ1v) is 5.82. The van der Waals surface area contributed by atoms with Gasteiger partial charge in [0.1, 0.15) is 5.75 Å². The van der Waals surface area contributed by atoms with Crippen molar-refractivity contribution in [2.45, 2.75) is 19.7 Å². The van der Waals surface area contributed by atoms with Gasteiger partial charge in [0.2, 0.25) is 0 Å². The van der Waals surface area contributed by atoms with Gasteiger partial charge in [-0.25, -0.2) is 0 Å². The number of benzene rings is 1. The summed E-state index contributed by atoms with van der Waals surface area (Å²) in [5.41, 5.74) is 1.00. The van der Waals surface area contributed by atoms with E-state index >= 15 is 0 Å². The highest BCUT2D eigenvalue weighted by Crippen LogP contribution is 2.14. The first kappa shape index (κ1) is 13.4. The molecular weight excluding hydrogens is 254 g/mol. The zero-order valence-electron chi connectivity index (χ0n) is 10.2. The number of alkyl halides is 2. The molecule has 0 fully saturated rings. The van der Waals surface area contributed by atoms with Crippen LogP contribution in [0.3, 0.4) is 0 Å². The molecule has 7 heteroatoms. The SMILES string of the molecule is FC(F)Oc1ccc(CNCCn2ccnn2)cc1. The van der Waals surface area contributed by atoms with Crippen LogP contribution in [0.15, 0.2) is 36.7 Å². The average molecular weight is 268 g/mol. The highest BCUT2D eigenvalue weighted by molar-refractivity contribution is 5.27. The first-order chi connectivity index (χ1) is 9.24. The molecule has 0 spiro atoms. The molecule has 1 aromatic heterocycles. The summed E-state index contributed by atoms with van der Waals surface area (Å²) >= 11 is 0. The van der Waals surface area contributed by atoms with Crippen molar-refractivity contribution >= 4 is 0 Å². The number of hydrogen-bond acceptors (Lipinski definition) is 4. The van der Waals surface area contributed by atoms with Crippen molar-refractivity contribution in [2.75, 3.05) is 6.54 Å². The standard InChI is InChI=1S/C12H14F2N4O/c13-12(14)19-11-3-1-10(2-4-11)9-15-5-7-18-8-6-16-17-18/h1-4,6,8,12,15H,5,7,9H2. The maximum atomic E-state index is 12.0. The fourth-order valence-corrected chi connectivity index (χ4v) is 1.57. The van der Waals surface area contributed by atoms with Crippen LogP contribution in [0.4, 0.5) is 8.78 Å². The van der Waals surface area contributed by atoms with Crippen molar-refractivity contribution in [3.63, 3.8) is 0 Å². The Kier molecular flexibility index (Phi) is 4.79. The van der Waals surface area contributed by atoms with Crippen LogP contribution in [0.1, 0.15) is 5.56 Å². The maximum absolute atomic E-state index is 12.0. The molecule has 0 aliphatic heterocycles. The lowest BCUT2D eigenvalue weighted by atomic mass is 10.2. The summed E-state index contributed by atoms with van der Waals surface area (Å²) in [6.07, 6.45) is 3.42. The lowest BCUT2D eigenvalue weighted by Crippen LogP contribution is -2.19. The summed E-state index contributed by atoms with van der Waals surface area (Å²) in [6, 6.07) is 6.56. The van der Waals surface area contributed by atoms with Gasteiger partial charge in [-0.1, -0.05) is 17.3 Å². The average Bonchev–Trinajstić information content (AvgIpc) is 2.89. The molecule has 102 valence electrons. The smallest absolute Gasteiger partial charge is 0.387 e. The first-order valence-electron chi connectivity index (χ1n) is 5.82. The van der Waals surface area contributed by atoms with E-state index in [4.69, 9.17) is 0 Å². The Morgan fingerprint density at radius 1 is 1.26 bits per heavy atom. The molecule has 0 saturated carbocycles. The fourth-order valence-electron chi connectivity index (χ4n) is 1.57. The van der Waals surface area contributed by atoms with Gasteiger partial charge in [0.25, 0.3) is 0 Å². The molecule has 1 aromatic carbocycles. The molecule has 1 heterocycles. The Hall–Kier alpha value is -2.02. The van der Waals surface area contributed by atoms with Gasteiger partial charge in [-0.2, -0.15) is 8.78 Å². The predicted molar refractivity (Wildman–Crippen MR) is 64.8 cm³/mol. The van der Waals surface area contributed by atoms with Crippen LogP contribution >= 0.6 is 0 Å². The molecule has 0 bridgehead atoms. The highest BCUT2D eigenvalue weighted by atomic mass is 19.3. The van der Waals surface area contributed by atoms with Gasteiger partial charge in [0.15, 0.2) is 0 Å². The lowest BCUT2D eigenvalue weighted by molar-refractivity contribution is -0.0498. The van der Waals surface area contributed by atoms with E-state index in [-0.39, 0.29) is 5.75 Å². The molecule has 19 heavy (non-hydrogen) atoms. The van der Waals surface area contributed by atoms with Gasteiger partial charge < -0.3 is 10.1 Å². The number of aromatic nitrogens is 3. The van der Waals surface area contributed by atoms with E-state index in [0.717, 1.165) is 18.7 Å². The second kappa shape index (κ2) is 6.79. The Morgan fingerprint density at radius 2 is 2.05 bits per heavy atom. The molecule has 0 atom stereocenters. The third kappa shape index (κ3) is 4.63. The summed E-state index contributed by atoms with van der Waals surface area (Å²) in [4.78, 5) is 0. The fraction of sp³-hybridized carbons (Fsp3) is 0.333. The van der Waals surface area contributed by atoms with Crippen LogP contribution in [-0.4, -0.2) is 28.2 Å². The number of ether oxygens (including phenoxy) is 1. The van der Waals surface area contributed by atoms with Crippen LogP contribution in [-0.2, 0) is 13.1 Å². The van der Waals surface area contributed by atoms with E-state index in [0.29, 0.717) is 6.54 Å². The molecule has 0 radical (unpaired) electrons. The summed E-state index contributed by atoms with van der Waals surface area (Å²) < 4.78 is 29.9. The molecule has 0 saturated heterocycles. The van der Waals surface area contributed by atoms with E-state index in [1.807, 2.05) is 0 Å². The van der Waals surface area contributed by atoms with Gasteiger partial charge in [-0.05, 0) is 17.7 Å². The molecular formula is C12H14F2N4O. The van der Waals surface area contributed by atoms with Gasteiger partial charge in [-0.3, -0.25) is 4.68 Å². The van der Waals surface area contributed by atoms with Gasteiger partial charge >= 0.3 is 6.61 Å². The summed E-state index contributed by atoms with van der Waals surface area (Å²) in [7, 11) is 0. The van der Waals surface area contributed by atoms with Crippen molar-refractivity contribution in [3.8, 4) is 5.75 Å². The van der Waals surface area contributed by atoms with Crippen LogP contribution in [0, 0.1) is 0 Å². The van der Waals surface area contributed by atoms with Crippen LogP contribution in [0.25, 0.3) is 0 Å². The summed E-state index contributed by atoms with van der Waals surface area (Å²) in [6.45, 7) is -0.652. The highest BCUT2D eigenvalue weighted by Gasteiger charge is 2.03. The quantitative estimate of drug-likeness (QED) is 0.776. The van der Waals surface area contributed by atoms with Crippen molar-refractivity contribution in [1.29, 1.82) is 0 Å². The van der Waals surface area contributed by atoms with E-state index in [1.165, 1.54) is 12.1 Å². The molecule has 0 unspecified atom stereocenters. The van der Waals surface area contributed by atoms with Crippen LogP contribution in [0.2, 0.25) is 0 Å². The number of rotatable bonds is 7. The Bertz CT molecular complexity index is 473. The zero-order valence-corrected chi connectivity index (χ0v) is 10.2. The Labute approximate surface area is 109 Å². The molecule has 0 amide bonds. The molecule has 0 aliphatic rings. The van der Waals surface area contributed by atoms with E-state index in [2.05, 4.69) is 20.4 Å². The van der Waals surface area contributed by atoms with Crippen LogP contribution < -0.4 is 10.1 Å². The van der Waals surface area contributed by atoms with Crippen molar-refractivity contribution in [1.82, 2.24) is 20.3 Å². The lowest BCUT2D eigenvalue weighted by Gasteiger charge is -2.07. The largest absolute Gasteiger partial charge is 0.435 e. The number of nitrogens with zero attached hydrogens (tertiary/aromatic N) is 3. The molecule has 2 rings (SSSR count). The van der Waals surface area contributed by atoms with Crippen molar-refractivity contribution < 1.29 is 13.5 Å². The summed E-state index contributed by atoms with van der Waals surface area (Å²) in [5.74, 6) is 0.168. The number of hydrogen-bond donors (Lipinski definition) is 1. The molecule has 0 aliphatic carbocycles. The number of halogens is 2. The topological polar surface area (TPSA) is 52.0 Å². The van der Waals surface area contributed by atoms with E-state index in [9.17, 15) is 8.78 Å². The maximum Gasteiger partial charge on any atom is 0.387 e.